The minimum Gasteiger partial charge on any atom is -0.360 e. The number of fused-ring (bicyclic) bond motifs is 2. The molecule has 0 bridgehead atoms. The molecule has 1 fully saturated rings. The Labute approximate surface area is 158 Å². The first-order valence-electron chi connectivity index (χ1n) is 9.31. The van der Waals surface area contributed by atoms with Crippen molar-refractivity contribution >= 4 is 11.6 Å². The van der Waals surface area contributed by atoms with Crippen molar-refractivity contribution in [2.24, 2.45) is 7.05 Å². The molecular weight excluding hydrogens is 338 g/mol. The summed E-state index contributed by atoms with van der Waals surface area (Å²) in [6.45, 7) is 1.20. The second kappa shape index (κ2) is 6.06. The molecule has 5 rings (SSSR count). The predicted octanol–water partition coefficient (Wildman–Crippen LogP) is 3.64. The highest BCUT2D eigenvalue weighted by molar-refractivity contribution is 6.07. The van der Waals surface area contributed by atoms with E-state index >= 15 is 0 Å². The van der Waals surface area contributed by atoms with Crippen molar-refractivity contribution in [3.8, 4) is 11.1 Å². The maximum absolute atomic E-state index is 13.3. The van der Waals surface area contributed by atoms with Gasteiger partial charge in [-0.05, 0) is 30.0 Å². The van der Waals surface area contributed by atoms with Crippen LogP contribution in [0.1, 0.15) is 24.0 Å². The molecule has 3 heterocycles. The molecule has 0 aliphatic carbocycles. The van der Waals surface area contributed by atoms with E-state index in [0.29, 0.717) is 13.2 Å². The van der Waals surface area contributed by atoms with E-state index in [4.69, 9.17) is 4.74 Å². The van der Waals surface area contributed by atoms with Crippen molar-refractivity contribution < 1.29 is 9.53 Å². The minimum absolute atomic E-state index is 0.0672. The number of para-hydroxylation sites is 1. The average molecular weight is 359 g/mol. The Morgan fingerprint density at radius 1 is 1.11 bits per heavy atom. The van der Waals surface area contributed by atoms with Gasteiger partial charge in [-0.15, -0.1) is 0 Å². The van der Waals surface area contributed by atoms with E-state index in [9.17, 15) is 4.79 Å². The summed E-state index contributed by atoms with van der Waals surface area (Å²) in [5.74, 6) is 0.0672. The molecule has 1 spiro atoms. The summed E-state index contributed by atoms with van der Waals surface area (Å²) in [7, 11) is 1.91. The molecular formula is C22H21N3O2. The van der Waals surface area contributed by atoms with Crippen molar-refractivity contribution in [1.29, 1.82) is 0 Å². The van der Waals surface area contributed by atoms with Gasteiger partial charge in [0.2, 0.25) is 0 Å². The number of ether oxygens (including phenoxy) is 1. The van der Waals surface area contributed by atoms with Crippen LogP contribution < -0.4 is 4.90 Å². The lowest BCUT2D eigenvalue weighted by molar-refractivity contribution is -0.137. The Morgan fingerprint density at radius 3 is 2.63 bits per heavy atom. The van der Waals surface area contributed by atoms with E-state index < -0.39 is 5.60 Å². The molecule has 136 valence electrons. The third kappa shape index (κ3) is 2.50. The highest BCUT2D eigenvalue weighted by Crippen LogP contribution is 2.48. The molecule has 2 aromatic carbocycles. The molecule has 27 heavy (non-hydrogen) atoms. The van der Waals surface area contributed by atoms with Crippen LogP contribution in [-0.2, 0) is 28.7 Å². The number of aromatic nitrogens is 2. The zero-order valence-corrected chi connectivity index (χ0v) is 15.3. The lowest BCUT2D eigenvalue weighted by atomic mass is 9.92. The third-order valence-electron chi connectivity index (χ3n) is 5.58. The topological polar surface area (TPSA) is 47.4 Å². The second-order valence-corrected chi connectivity index (χ2v) is 7.29. The number of amides is 1. The standard InChI is InChI=1S/C22H21N3O2/c1-24-15-18(13-23-24)17-9-7-16(8-10-17)14-25-20-6-3-2-5-19(20)22(21(25)26)11-4-12-27-22/h2-3,5-10,13,15H,4,11-12,14H2,1H3. The summed E-state index contributed by atoms with van der Waals surface area (Å²) in [6.07, 6.45) is 5.54. The van der Waals surface area contributed by atoms with Gasteiger partial charge in [0.25, 0.3) is 5.91 Å². The second-order valence-electron chi connectivity index (χ2n) is 7.29. The van der Waals surface area contributed by atoms with Gasteiger partial charge in [-0.25, -0.2) is 0 Å². The molecule has 1 amide bonds. The highest BCUT2D eigenvalue weighted by Gasteiger charge is 2.53. The number of anilines is 1. The number of benzene rings is 2. The van der Waals surface area contributed by atoms with Crippen molar-refractivity contribution in [1.82, 2.24) is 9.78 Å². The summed E-state index contributed by atoms with van der Waals surface area (Å²) < 4.78 is 7.78. The van der Waals surface area contributed by atoms with E-state index in [-0.39, 0.29) is 5.91 Å². The Morgan fingerprint density at radius 2 is 1.93 bits per heavy atom. The monoisotopic (exact) mass is 359 g/mol. The van der Waals surface area contributed by atoms with E-state index in [0.717, 1.165) is 40.8 Å². The number of hydrogen-bond donors (Lipinski definition) is 0. The molecule has 1 aromatic heterocycles. The van der Waals surface area contributed by atoms with E-state index in [1.807, 2.05) is 48.6 Å². The lowest BCUT2D eigenvalue weighted by Gasteiger charge is -2.23. The SMILES string of the molecule is Cn1cc(-c2ccc(CN3C(=O)C4(CCCO4)c4ccccc43)cc2)cn1. The Kier molecular flexibility index (Phi) is 3.65. The normalized spacial score (nSPS) is 21.2. The number of carbonyl (C=O) groups excluding carboxylic acids is 1. The number of aryl methyl sites for hydroxylation is 1. The minimum atomic E-state index is -0.772. The molecule has 1 saturated heterocycles. The Bertz CT molecular complexity index is 1000. The van der Waals surface area contributed by atoms with Crippen molar-refractivity contribution in [3.05, 3.63) is 72.1 Å². The largest absolute Gasteiger partial charge is 0.360 e. The molecule has 0 N–H and O–H groups in total. The van der Waals surface area contributed by atoms with Gasteiger partial charge < -0.3 is 9.64 Å². The van der Waals surface area contributed by atoms with Crippen LogP contribution in [0.2, 0.25) is 0 Å². The fraction of sp³-hybridized carbons (Fsp3) is 0.273. The highest BCUT2D eigenvalue weighted by atomic mass is 16.5. The molecule has 5 heteroatoms. The van der Waals surface area contributed by atoms with Crippen LogP contribution >= 0.6 is 0 Å². The fourth-order valence-electron chi connectivity index (χ4n) is 4.23. The van der Waals surface area contributed by atoms with Gasteiger partial charge >= 0.3 is 0 Å². The number of hydrogen-bond acceptors (Lipinski definition) is 3. The van der Waals surface area contributed by atoms with Gasteiger partial charge in [0.1, 0.15) is 0 Å². The zero-order valence-electron chi connectivity index (χ0n) is 15.3. The number of carbonyl (C=O) groups is 1. The van der Waals surface area contributed by atoms with Crippen LogP contribution in [-0.4, -0.2) is 22.3 Å². The van der Waals surface area contributed by atoms with Crippen LogP contribution in [0.5, 0.6) is 0 Å². The van der Waals surface area contributed by atoms with Crippen LogP contribution in [0.4, 0.5) is 5.69 Å². The Balaban J connectivity index is 1.45. The van der Waals surface area contributed by atoms with E-state index in [2.05, 4.69) is 29.4 Å². The molecule has 3 aromatic rings. The first-order valence-corrected chi connectivity index (χ1v) is 9.31. The van der Waals surface area contributed by atoms with Gasteiger partial charge in [0, 0.05) is 31.0 Å². The van der Waals surface area contributed by atoms with E-state index in [1.54, 1.807) is 4.68 Å². The molecule has 0 radical (unpaired) electrons. The van der Waals surface area contributed by atoms with Gasteiger partial charge in [-0.3, -0.25) is 9.48 Å². The number of rotatable bonds is 3. The summed E-state index contributed by atoms with van der Waals surface area (Å²) >= 11 is 0. The van der Waals surface area contributed by atoms with Crippen LogP contribution in [0.3, 0.4) is 0 Å². The summed E-state index contributed by atoms with van der Waals surface area (Å²) in [5.41, 5.74) is 4.52. The maximum atomic E-state index is 13.3. The molecule has 2 aliphatic rings. The molecule has 2 aliphatic heterocycles. The first kappa shape index (κ1) is 16.3. The van der Waals surface area contributed by atoms with Crippen LogP contribution in [0.25, 0.3) is 11.1 Å². The number of nitrogens with zero attached hydrogens (tertiary/aromatic N) is 3. The van der Waals surface area contributed by atoms with Crippen LogP contribution in [0.15, 0.2) is 60.9 Å². The maximum Gasteiger partial charge on any atom is 0.264 e. The van der Waals surface area contributed by atoms with Crippen LogP contribution in [0, 0.1) is 0 Å². The predicted molar refractivity (Wildman–Crippen MR) is 103 cm³/mol. The first-order chi connectivity index (χ1) is 13.2. The van der Waals surface area contributed by atoms with Crippen molar-refractivity contribution in [3.63, 3.8) is 0 Å². The summed E-state index contributed by atoms with van der Waals surface area (Å²) in [4.78, 5) is 15.1. The fourth-order valence-corrected chi connectivity index (χ4v) is 4.23. The zero-order chi connectivity index (χ0) is 18.4. The third-order valence-corrected chi connectivity index (χ3v) is 5.58. The Hall–Kier alpha value is -2.92. The molecule has 1 atom stereocenters. The van der Waals surface area contributed by atoms with Crippen molar-refractivity contribution in [2.75, 3.05) is 11.5 Å². The van der Waals surface area contributed by atoms with Gasteiger partial charge in [0.05, 0.1) is 18.4 Å². The average Bonchev–Trinajstić information content (AvgIpc) is 3.40. The summed E-state index contributed by atoms with van der Waals surface area (Å²) in [5, 5.41) is 4.22. The quantitative estimate of drug-likeness (QED) is 0.717. The molecule has 1 unspecified atom stereocenters. The van der Waals surface area contributed by atoms with Crippen molar-refractivity contribution in [2.45, 2.75) is 25.0 Å². The molecule has 0 saturated carbocycles. The van der Waals surface area contributed by atoms with E-state index in [1.165, 1.54) is 0 Å². The van der Waals surface area contributed by atoms with Gasteiger partial charge in [0.15, 0.2) is 5.60 Å². The molecule has 5 nitrogen and oxygen atoms in total. The summed E-state index contributed by atoms with van der Waals surface area (Å²) in [6, 6.07) is 16.4. The van der Waals surface area contributed by atoms with Gasteiger partial charge in [-0.2, -0.15) is 5.10 Å². The smallest absolute Gasteiger partial charge is 0.264 e. The van der Waals surface area contributed by atoms with Gasteiger partial charge in [-0.1, -0.05) is 42.5 Å². The lowest BCUT2D eigenvalue weighted by Crippen LogP contribution is -2.39.